The average Bonchev–Trinajstić information content (AvgIpc) is 3.13. The first-order valence-corrected chi connectivity index (χ1v) is 9.56. The smallest absolute Gasteiger partial charge is 0.259 e. The molecule has 1 saturated carbocycles. The molecule has 0 saturated heterocycles. The molecule has 1 amide bonds. The molecule has 3 rings (SSSR count). The van der Waals surface area contributed by atoms with E-state index in [-0.39, 0.29) is 12.0 Å². The van der Waals surface area contributed by atoms with Gasteiger partial charge in [0, 0.05) is 12.7 Å². The van der Waals surface area contributed by atoms with Crippen molar-refractivity contribution in [2.45, 2.75) is 44.6 Å². The molecule has 2 unspecified atom stereocenters. The van der Waals surface area contributed by atoms with Gasteiger partial charge < -0.3 is 10.4 Å². The minimum Gasteiger partial charge on any atom is -0.393 e. The van der Waals surface area contributed by atoms with Gasteiger partial charge in [0.15, 0.2) is 0 Å². The molecule has 0 aromatic carbocycles. The summed E-state index contributed by atoms with van der Waals surface area (Å²) in [5, 5.41) is 23.8. The molecule has 0 radical (unpaired) electrons. The van der Waals surface area contributed by atoms with E-state index >= 15 is 0 Å². The van der Waals surface area contributed by atoms with E-state index in [1.54, 1.807) is 23.8 Å². The SMILES string of the molecule is O=C(Nc1nncs1)c1ccc(NCCCC2CCCCC2O)nc1. The van der Waals surface area contributed by atoms with E-state index in [9.17, 15) is 9.90 Å². The Morgan fingerprint density at radius 1 is 1.32 bits per heavy atom. The minimum absolute atomic E-state index is 0.127. The van der Waals surface area contributed by atoms with Gasteiger partial charge in [-0.1, -0.05) is 24.2 Å². The lowest BCUT2D eigenvalue weighted by atomic mass is 9.83. The molecule has 7 nitrogen and oxygen atoms in total. The van der Waals surface area contributed by atoms with Gasteiger partial charge in [0.25, 0.3) is 5.91 Å². The van der Waals surface area contributed by atoms with Gasteiger partial charge >= 0.3 is 0 Å². The highest BCUT2D eigenvalue weighted by Gasteiger charge is 2.22. The number of rotatable bonds is 7. The summed E-state index contributed by atoms with van der Waals surface area (Å²) in [6.07, 6.45) is 7.93. The summed E-state index contributed by atoms with van der Waals surface area (Å²) >= 11 is 1.27. The maximum atomic E-state index is 12.0. The van der Waals surface area contributed by atoms with Gasteiger partial charge in [0.05, 0.1) is 11.7 Å². The fraction of sp³-hybridized carbons (Fsp3) is 0.529. The molecule has 25 heavy (non-hydrogen) atoms. The molecule has 134 valence electrons. The van der Waals surface area contributed by atoms with Gasteiger partial charge in [0.1, 0.15) is 11.3 Å². The number of hydrogen-bond acceptors (Lipinski definition) is 7. The van der Waals surface area contributed by atoms with E-state index < -0.39 is 0 Å². The number of hydrogen-bond donors (Lipinski definition) is 3. The minimum atomic E-state index is -0.248. The summed E-state index contributed by atoms with van der Waals surface area (Å²) in [6, 6.07) is 3.53. The number of carbonyl (C=O) groups is 1. The topological polar surface area (TPSA) is 100 Å². The highest BCUT2D eigenvalue weighted by molar-refractivity contribution is 7.13. The van der Waals surface area contributed by atoms with E-state index in [0.29, 0.717) is 16.6 Å². The molecule has 2 heterocycles. The van der Waals surface area contributed by atoms with Crippen molar-refractivity contribution in [3.8, 4) is 0 Å². The zero-order valence-corrected chi connectivity index (χ0v) is 14.8. The van der Waals surface area contributed by atoms with E-state index in [1.807, 2.05) is 0 Å². The Labute approximate surface area is 150 Å². The van der Waals surface area contributed by atoms with E-state index in [4.69, 9.17) is 0 Å². The van der Waals surface area contributed by atoms with Crippen LogP contribution in [0.5, 0.6) is 0 Å². The monoisotopic (exact) mass is 361 g/mol. The first-order valence-electron chi connectivity index (χ1n) is 8.68. The number of anilines is 2. The fourth-order valence-corrected chi connectivity index (χ4v) is 3.58. The Hall–Kier alpha value is -2.06. The van der Waals surface area contributed by atoms with Crippen molar-refractivity contribution >= 4 is 28.2 Å². The highest BCUT2D eigenvalue weighted by atomic mass is 32.1. The third kappa shape index (κ3) is 5.20. The van der Waals surface area contributed by atoms with Crippen molar-refractivity contribution in [2.75, 3.05) is 17.2 Å². The van der Waals surface area contributed by atoms with Crippen LogP contribution < -0.4 is 10.6 Å². The second-order valence-corrected chi connectivity index (χ2v) is 7.14. The molecule has 2 aromatic rings. The van der Waals surface area contributed by atoms with Gasteiger partial charge in [-0.2, -0.15) is 0 Å². The van der Waals surface area contributed by atoms with Gasteiger partial charge in [0.2, 0.25) is 5.13 Å². The first-order chi connectivity index (χ1) is 12.2. The molecular formula is C17H23N5O2S. The molecule has 0 bridgehead atoms. The molecule has 8 heteroatoms. The molecule has 2 atom stereocenters. The lowest BCUT2D eigenvalue weighted by Crippen LogP contribution is -2.24. The zero-order valence-electron chi connectivity index (χ0n) is 14.0. The number of nitrogens with zero attached hydrogens (tertiary/aromatic N) is 3. The van der Waals surface area contributed by atoms with Gasteiger partial charge in [-0.05, 0) is 43.7 Å². The summed E-state index contributed by atoms with van der Waals surface area (Å²) in [5.41, 5.74) is 2.04. The Balaban J connectivity index is 1.40. The first kappa shape index (κ1) is 17.8. The van der Waals surface area contributed by atoms with Gasteiger partial charge in [-0.15, -0.1) is 10.2 Å². The van der Waals surface area contributed by atoms with E-state index in [1.165, 1.54) is 17.8 Å². The highest BCUT2D eigenvalue weighted by Crippen LogP contribution is 2.27. The Bertz CT molecular complexity index is 662. The van der Waals surface area contributed by atoms with Crippen molar-refractivity contribution in [1.29, 1.82) is 0 Å². The zero-order chi connectivity index (χ0) is 17.5. The van der Waals surface area contributed by atoms with Crippen LogP contribution in [0, 0.1) is 5.92 Å². The summed E-state index contributed by atoms with van der Waals surface area (Å²) in [7, 11) is 0. The van der Waals surface area contributed by atoms with Crippen molar-refractivity contribution in [3.63, 3.8) is 0 Å². The Morgan fingerprint density at radius 3 is 2.92 bits per heavy atom. The van der Waals surface area contributed by atoms with E-state index in [2.05, 4.69) is 25.8 Å². The van der Waals surface area contributed by atoms with Crippen LogP contribution in [-0.4, -0.2) is 38.8 Å². The maximum absolute atomic E-state index is 12.0. The predicted octanol–water partition coefficient (Wildman–Crippen LogP) is 2.93. The Kier molecular flexibility index (Phi) is 6.30. The van der Waals surface area contributed by atoms with Crippen LogP contribution in [0.15, 0.2) is 23.8 Å². The number of carbonyl (C=O) groups excluding carboxylic acids is 1. The van der Waals surface area contributed by atoms with Crippen LogP contribution >= 0.6 is 11.3 Å². The molecule has 0 spiro atoms. The summed E-state index contributed by atoms with van der Waals surface area (Å²) < 4.78 is 0. The second kappa shape index (κ2) is 8.87. The summed E-state index contributed by atoms with van der Waals surface area (Å²) in [5.74, 6) is 0.939. The van der Waals surface area contributed by atoms with Crippen LogP contribution in [0.1, 0.15) is 48.9 Å². The van der Waals surface area contributed by atoms with E-state index in [0.717, 1.165) is 44.5 Å². The van der Waals surface area contributed by atoms with Crippen LogP contribution in [0.2, 0.25) is 0 Å². The molecule has 1 aliphatic rings. The summed E-state index contributed by atoms with van der Waals surface area (Å²) in [4.78, 5) is 16.3. The fourth-order valence-electron chi connectivity index (χ4n) is 3.14. The van der Waals surface area contributed by atoms with Crippen LogP contribution in [0.25, 0.3) is 0 Å². The molecule has 3 N–H and O–H groups in total. The second-order valence-electron chi connectivity index (χ2n) is 6.31. The Morgan fingerprint density at radius 2 is 2.20 bits per heavy atom. The third-order valence-electron chi connectivity index (χ3n) is 4.53. The molecule has 1 aliphatic carbocycles. The molecule has 0 aliphatic heterocycles. The lowest BCUT2D eigenvalue weighted by molar-refractivity contribution is 0.0648. The van der Waals surface area contributed by atoms with Crippen molar-refractivity contribution in [1.82, 2.24) is 15.2 Å². The number of aliphatic hydroxyl groups is 1. The quantitative estimate of drug-likeness (QED) is 0.656. The number of nitrogens with one attached hydrogen (secondary N) is 2. The van der Waals surface area contributed by atoms with Gasteiger partial charge in [-0.25, -0.2) is 4.98 Å². The molecule has 1 fully saturated rings. The average molecular weight is 361 g/mol. The third-order valence-corrected chi connectivity index (χ3v) is 5.14. The standard InChI is InChI=1S/C17H23N5O2S/c23-14-6-2-1-4-12(14)5-3-9-18-15-8-7-13(10-19-15)16(24)21-17-22-20-11-25-17/h7-8,10-12,14,23H,1-6,9H2,(H,18,19)(H,21,22,24). The van der Waals surface area contributed by atoms with Gasteiger partial charge in [-0.3, -0.25) is 10.1 Å². The lowest BCUT2D eigenvalue weighted by Gasteiger charge is -2.27. The number of amides is 1. The number of pyridine rings is 1. The summed E-state index contributed by atoms with van der Waals surface area (Å²) in [6.45, 7) is 0.812. The van der Waals surface area contributed by atoms with Crippen molar-refractivity contribution in [2.24, 2.45) is 5.92 Å². The van der Waals surface area contributed by atoms with Crippen LogP contribution in [-0.2, 0) is 0 Å². The van der Waals surface area contributed by atoms with Crippen LogP contribution in [0.4, 0.5) is 10.9 Å². The normalized spacial score (nSPS) is 20.2. The number of aliphatic hydroxyl groups excluding tert-OH is 1. The van der Waals surface area contributed by atoms with Crippen molar-refractivity contribution in [3.05, 3.63) is 29.4 Å². The van der Waals surface area contributed by atoms with Crippen LogP contribution in [0.3, 0.4) is 0 Å². The number of aromatic nitrogens is 3. The molecule has 2 aromatic heterocycles. The van der Waals surface area contributed by atoms with Crippen molar-refractivity contribution < 1.29 is 9.90 Å². The maximum Gasteiger partial charge on any atom is 0.259 e. The molecular weight excluding hydrogens is 338 g/mol. The predicted molar refractivity (Wildman–Crippen MR) is 97.8 cm³/mol. The largest absolute Gasteiger partial charge is 0.393 e.